The average Bonchev–Trinajstić information content (AvgIpc) is 3.02. The monoisotopic (exact) mass is 311 g/mol. The van der Waals surface area contributed by atoms with Crippen molar-refractivity contribution in [2.24, 2.45) is 0 Å². The van der Waals surface area contributed by atoms with Crippen molar-refractivity contribution in [2.45, 2.75) is 38.9 Å². The molecule has 0 aromatic carbocycles. The molecule has 1 saturated heterocycles. The van der Waals surface area contributed by atoms with Gasteiger partial charge in [-0.15, -0.1) is 0 Å². The molecule has 0 radical (unpaired) electrons. The Balaban J connectivity index is 1.72. The predicted octanol–water partition coefficient (Wildman–Crippen LogP) is 1.84. The van der Waals surface area contributed by atoms with E-state index in [1.807, 2.05) is 24.5 Å². The van der Waals surface area contributed by atoms with Crippen LogP contribution in [-0.2, 0) is 17.9 Å². The van der Waals surface area contributed by atoms with Crippen molar-refractivity contribution < 1.29 is 4.79 Å². The van der Waals surface area contributed by atoms with Gasteiger partial charge in [0.1, 0.15) is 6.33 Å². The first-order valence-electron chi connectivity index (χ1n) is 7.90. The zero-order valence-corrected chi connectivity index (χ0v) is 13.3. The Morgan fingerprint density at radius 3 is 2.96 bits per heavy atom. The maximum Gasteiger partial charge on any atom is 0.217 e. The molecule has 0 aliphatic carbocycles. The Labute approximate surface area is 136 Å². The number of nitrogens with zero attached hydrogens (tertiary/aromatic N) is 4. The van der Waals surface area contributed by atoms with Gasteiger partial charge in [-0.05, 0) is 31.5 Å². The van der Waals surface area contributed by atoms with Gasteiger partial charge in [-0.25, -0.2) is 9.97 Å². The van der Waals surface area contributed by atoms with Gasteiger partial charge in [0, 0.05) is 31.4 Å². The first kappa shape index (κ1) is 15.6. The normalized spacial score (nSPS) is 18.0. The Morgan fingerprint density at radius 2 is 2.17 bits per heavy atom. The van der Waals surface area contributed by atoms with E-state index in [-0.39, 0.29) is 5.91 Å². The van der Waals surface area contributed by atoms with E-state index in [1.165, 1.54) is 6.92 Å². The highest BCUT2D eigenvalue weighted by atomic mass is 16.1. The number of amides is 1. The molecule has 1 atom stereocenters. The van der Waals surface area contributed by atoms with E-state index >= 15 is 0 Å². The van der Waals surface area contributed by atoms with E-state index in [1.54, 1.807) is 6.33 Å². The fourth-order valence-electron chi connectivity index (χ4n) is 2.99. The van der Waals surface area contributed by atoms with Crippen LogP contribution >= 0.6 is 0 Å². The number of nitrogens with one attached hydrogen (secondary N) is 1. The largest absolute Gasteiger partial charge is 0.351 e. The topological polar surface area (TPSA) is 71.0 Å². The van der Waals surface area contributed by atoms with E-state index < -0.39 is 0 Å². The summed E-state index contributed by atoms with van der Waals surface area (Å²) in [6.45, 7) is 3.88. The van der Waals surface area contributed by atoms with Crippen LogP contribution in [0.25, 0.3) is 0 Å². The molecule has 1 aliphatic rings. The highest BCUT2D eigenvalue weighted by Crippen LogP contribution is 2.31. The number of pyridine rings is 1. The summed E-state index contributed by atoms with van der Waals surface area (Å²) in [7, 11) is 0. The van der Waals surface area contributed by atoms with Gasteiger partial charge in [0.15, 0.2) is 0 Å². The third-order valence-corrected chi connectivity index (χ3v) is 4.05. The average molecular weight is 311 g/mol. The summed E-state index contributed by atoms with van der Waals surface area (Å²) < 4.78 is 0. The van der Waals surface area contributed by atoms with Crippen LogP contribution in [0, 0.1) is 0 Å². The molecule has 1 fully saturated rings. The predicted molar refractivity (Wildman–Crippen MR) is 86.2 cm³/mol. The molecule has 1 N–H and O–H groups in total. The Hall–Kier alpha value is -2.34. The molecule has 120 valence electrons. The molecule has 3 rings (SSSR count). The lowest BCUT2D eigenvalue weighted by atomic mass is 10.1. The standard InChI is InChI=1S/C17H21N5O/c1-13(23)20-10-15-4-2-5-16(21-15)17-6-3-7-22(17)11-14-8-18-12-19-9-14/h2,4-5,8-9,12,17H,3,6-7,10-11H2,1H3,(H,20,23)/t17-/m1/s1. The number of hydrogen-bond donors (Lipinski definition) is 1. The SMILES string of the molecule is CC(=O)NCc1cccc([C@H]2CCCN2Cc2cncnc2)n1. The summed E-state index contributed by atoms with van der Waals surface area (Å²) in [5, 5.41) is 2.80. The smallest absolute Gasteiger partial charge is 0.217 e. The molecule has 2 aromatic heterocycles. The number of carbonyl (C=O) groups excluding carboxylic acids is 1. The Kier molecular flexibility index (Phi) is 4.92. The second kappa shape index (κ2) is 7.28. The first-order chi connectivity index (χ1) is 11.2. The van der Waals surface area contributed by atoms with Crippen LogP contribution < -0.4 is 5.32 Å². The van der Waals surface area contributed by atoms with Crippen LogP contribution in [0.5, 0.6) is 0 Å². The number of hydrogen-bond acceptors (Lipinski definition) is 5. The fourth-order valence-corrected chi connectivity index (χ4v) is 2.99. The number of aromatic nitrogens is 3. The number of rotatable bonds is 5. The second-order valence-electron chi connectivity index (χ2n) is 5.84. The molecular weight excluding hydrogens is 290 g/mol. The lowest BCUT2D eigenvalue weighted by Gasteiger charge is -2.24. The summed E-state index contributed by atoms with van der Waals surface area (Å²) >= 11 is 0. The summed E-state index contributed by atoms with van der Waals surface area (Å²) in [5.41, 5.74) is 3.09. The van der Waals surface area contributed by atoms with Crippen molar-refractivity contribution in [1.82, 2.24) is 25.2 Å². The molecule has 6 nitrogen and oxygen atoms in total. The van der Waals surface area contributed by atoms with E-state index in [2.05, 4.69) is 26.3 Å². The minimum Gasteiger partial charge on any atom is -0.351 e. The molecule has 0 bridgehead atoms. The maximum absolute atomic E-state index is 11.1. The van der Waals surface area contributed by atoms with Crippen molar-refractivity contribution in [1.29, 1.82) is 0 Å². The summed E-state index contributed by atoms with van der Waals surface area (Å²) in [5.74, 6) is -0.0382. The van der Waals surface area contributed by atoms with E-state index in [9.17, 15) is 4.79 Å². The molecule has 3 heterocycles. The lowest BCUT2D eigenvalue weighted by molar-refractivity contribution is -0.119. The fraction of sp³-hybridized carbons (Fsp3) is 0.412. The minimum atomic E-state index is -0.0382. The van der Waals surface area contributed by atoms with Gasteiger partial charge < -0.3 is 5.32 Å². The van der Waals surface area contributed by atoms with E-state index in [0.29, 0.717) is 12.6 Å². The first-order valence-corrected chi connectivity index (χ1v) is 7.90. The van der Waals surface area contributed by atoms with Crippen molar-refractivity contribution >= 4 is 5.91 Å². The highest BCUT2D eigenvalue weighted by Gasteiger charge is 2.27. The molecule has 0 saturated carbocycles. The molecular formula is C17H21N5O. The van der Waals surface area contributed by atoms with Crippen molar-refractivity contribution in [3.8, 4) is 0 Å². The molecule has 0 spiro atoms. The molecule has 23 heavy (non-hydrogen) atoms. The second-order valence-corrected chi connectivity index (χ2v) is 5.84. The lowest BCUT2D eigenvalue weighted by Crippen LogP contribution is -2.24. The van der Waals surface area contributed by atoms with Crippen LogP contribution in [0.1, 0.15) is 42.8 Å². The number of likely N-dealkylation sites (tertiary alicyclic amines) is 1. The molecule has 1 aliphatic heterocycles. The Morgan fingerprint density at radius 1 is 1.35 bits per heavy atom. The van der Waals surface area contributed by atoms with E-state index in [0.717, 1.165) is 42.9 Å². The highest BCUT2D eigenvalue weighted by molar-refractivity contribution is 5.72. The van der Waals surface area contributed by atoms with Gasteiger partial charge >= 0.3 is 0 Å². The van der Waals surface area contributed by atoms with Crippen LogP contribution in [-0.4, -0.2) is 32.3 Å². The number of carbonyl (C=O) groups is 1. The van der Waals surface area contributed by atoms with Crippen LogP contribution in [0.4, 0.5) is 0 Å². The Bertz CT molecular complexity index is 661. The summed E-state index contributed by atoms with van der Waals surface area (Å²) in [4.78, 5) is 26.4. The summed E-state index contributed by atoms with van der Waals surface area (Å²) in [6, 6.07) is 6.35. The molecule has 0 unspecified atom stereocenters. The van der Waals surface area contributed by atoms with E-state index in [4.69, 9.17) is 4.98 Å². The van der Waals surface area contributed by atoms with Crippen molar-refractivity contribution in [3.63, 3.8) is 0 Å². The quantitative estimate of drug-likeness (QED) is 0.912. The van der Waals surface area contributed by atoms with Gasteiger partial charge in [-0.1, -0.05) is 6.07 Å². The van der Waals surface area contributed by atoms with Crippen molar-refractivity contribution in [3.05, 3.63) is 53.9 Å². The molecule has 1 amide bonds. The van der Waals surface area contributed by atoms with Gasteiger partial charge in [0.2, 0.25) is 5.91 Å². The van der Waals surface area contributed by atoms with Gasteiger partial charge in [0.25, 0.3) is 0 Å². The maximum atomic E-state index is 11.1. The zero-order chi connectivity index (χ0) is 16.1. The molecule has 2 aromatic rings. The van der Waals surface area contributed by atoms with Crippen LogP contribution in [0.15, 0.2) is 36.9 Å². The van der Waals surface area contributed by atoms with Crippen LogP contribution in [0.3, 0.4) is 0 Å². The zero-order valence-electron chi connectivity index (χ0n) is 13.3. The van der Waals surface area contributed by atoms with Gasteiger partial charge in [0.05, 0.1) is 24.0 Å². The molecule has 6 heteroatoms. The van der Waals surface area contributed by atoms with Gasteiger partial charge in [-0.2, -0.15) is 0 Å². The summed E-state index contributed by atoms with van der Waals surface area (Å²) in [6.07, 6.45) is 7.55. The third kappa shape index (κ3) is 4.10. The third-order valence-electron chi connectivity index (χ3n) is 4.05. The minimum absolute atomic E-state index is 0.0382. The van der Waals surface area contributed by atoms with Crippen molar-refractivity contribution in [2.75, 3.05) is 6.54 Å². The van der Waals surface area contributed by atoms with Crippen LogP contribution in [0.2, 0.25) is 0 Å². The van der Waals surface area contributed by atoms with Gasteiger partial charge in [-0.3, -0.25) is 14.7 Å².